The minimum Gasteiger partial charge on any atom is -0.336 e. The van der Waals surface area contributed by atoms with Gasteiger partial charge in [-0.2, -0.15) is 4.31 Å². The zero-order chi connectivity index (χ0) is 22.6. The molecule has 2 aromatic carbocycles. The van der Waals surface area contributed by atoms with Gasteiger partial charge in [-0.05, 0) is 59.2 Å². The summed E-state index contributed by atoms with van der Waals surface area (Å²) >= 11 is 5.86. The van der Waals surface area contributed by atoms with Crippen molar-refractivity contribution < 1.29 is 13.2 Å². The zero-order valence-corrected chi connectivity index (χ0v) is 18.8. The van der Waals surface area contributed by atoms with Crippen LogP contribution in [0, 0.1) is 0 Å². The predicted octanol–water partition coefficient (Wildman–Crippen LogP) is 4.16. The van der Waals surface area contributed by atoms with Crippen molar-refractivity contribution in [2.24, 2.45) is 0 Å². The topological polar surface area (TPSA) is 70.6 Å². The van der Waals surface area contributed by atoms with Gasteiger partial charge in [0, 0.05) is 54.6 Å². The molecule has 8 heteroatoms. The third kappa shape index (κ3) is 5.24. The van der Waals surface area contributed by atoms with Gasteiger partial charge >= 0.3 is 0 Å². The highest BCUT2D eigenvalue weighted by Crippen LogP contribution is 2.20. The molecule has 1 aliphatic rings. The first-order valence-electron chi connectivity index (χ1n) is 10.2. The maximum absolute atomic E-state index is 12.9. The SMILES string of the molecule is O=C(c1ccc(-c2ccncc2)cc1)N1CCN(S(=O)(=O)/C=C/c2ccc(Cl)cc2)CC1. The van der Waals surface area contributed by atoms with Crippen LogP contribution >= 0.6 is 11.6 Å². The van der Waals surface area contributed by atoms with Crippen LogP contribution in [0.5, 0.6) is 0 Å². The van der Waals surface area contributed by atoms with E-state index in [9.17, 15) is 13.2 Å². The Hall–Kier alpha value is -3.00. The number of amides is 1. The molecule has 4 rings (SSSR count). The second-order valence-electron chi connectivity index (χ2n) is 7.40. The number of aromatic nitrogens is 1. The first-order valence-corrected chi connectivity index (χ1v) is 12.0. The Bertz CT molecular complexity index is 1200. The summed E-state index contributed by atoms with van der Waals surface area (Å²) in [6, 6.07) is 18.2. The number of sulfonamides is 1. The number of hydrogen-bond donors (Lipinski definition) is 0. The minimum absolute atomic E-state index is 0.0972. The van der Waals surface area contributed by atoms with Crippen molar-refractivity contribution in [3.8, 4) is 11.1 Å². The fourth-order valence-electron chi connectivity index (χ4n) is 3.50. The number of halogens is 1. The van der Waals surface area contributed by atoms with E-state index in [-0.39, 0.29) is 19.0 Å². The van der Waals surface area contributed by atoms with E-state index >= 15 is 0 Å². The van der Waals surface area contributed by atoms with Crippen molar-refractivity contribution >= 4 is 33.6 Å². The molecule has 164 valence electrons. The van der Waals surface area contributed by atoms with E-state index in [0.717, 1.165) is 16.7 Å². The van der Waals surface area contributed by atoms with Crippen LogP contribution in [0.25, 0.3) is 17.2 Å². The van der Waals surface area contributed by atoms with Crippen LogP contribution in [0.15, 0.2) is 78.5 Å². The Labute approximate surface area is 192 Å². The monoisotopic (exact) mass is 467 g/mol. The van der Waals surface area contributed by atoms with Gasteiger partial charge in [0.15, 0.2) is 0 Å². The number of pyridine rings is 1. The maximum atomic E-state index is 12.9. The molecular formula is C24H22ClN3O3S. The molecule has 1 aromatic heterocycles. The van der Waals surface area contributed by atoms with Crippen molar-refractivity contribution in [3.05, 3.63) is 94.6 Å². The van der Waals surface area contributed by atoms with Crippen LogP contribution in [0.4, 0.5) is 0 Å². The molecule has 0 radical (unpaired) electrons. The third-order valence-corrected chi connectivity index (χ3v) is 7.15. The summed E-state index contributed by atoms with van der Waals surface area (Å²) in [5, 5.41) is 1.80. The highest BCUT2D eigenvalue weighted by atomic mass is 35.5. The Morgan fingerprint density at radius 1 is 0.844 bits per heavy atom. The maximum Gasteiger partial charge on any atom is 0.253 e. The van der Waals surface area contributed by atoms with Gasteiger partial charge in [-0.15, -0.1) is 0 Å². The van der Waals surface area contributed by atoms with Gasteiger partial charge in [0.25, 0.3) is 5.91 Å². The number of rotatable bonds is 5. The van der Waals surface area contributed by atoms with Gasteiger partial charge in [0.05, 0.1) is 0 Å². The highest BCUT2D eigenvalue weighted by Gasteiger charge is 2.27. The van der Waals surface area contributed by atoms with Crippen LogP contribution in [-0.2, 0) is 10.0 Å². The van der Waals surface area contributed by atoms with Crippen LogP contribution < -0.4 is 0 Å². The quantitative estimate of drug-likeness (QED) is 0.565. The molecule has 1 aliphatic heterocycles. The lowest BCUT2D eigenvalue weighted by atomic mass is 10.0. The van der Waals surface area contributed by atoms with E-state index in [1.165, 1.54) is 9.71 Å². The van der Waals surface area contributed by atoms with Gasteiger partial charge in [0.1, 0.15) is 0 Å². The number of benzene rings is 2. The summed E-state index contributed by atoms with van der Waals surface area (Å²) in [6.07, 6.45) is 5.01. The number of nitrogens with zero attached hydrogens (tertiary/aromatic N) is 3. The molecular weight excluding hydrogens is 446 g/mol. The Morgan fingerprint density at radius 2 is 1.44 bits per heavy atom. The second-order valence-corrected chi connectivity index (χ2v) is 9.66. The standard InChI is InChI=1S/C24H22ClN3O3S/c25-23-7-1-19(2-8-23)11-18-32(30,31)28-16-14-27(15-17-28)24(29)22-5-3-20(4-6-22)21-9-12-26-13-10-21/h1-13,18H,14-17H2/b18-11+. The Kier molecular flexibility index (Phi) is 6.69. The average Bonchev–Trinajstić information content (AvgIpc) is 2.84. The molecule has 1 fully saturated rings. The number of hydrogen-bond acceptors (Lipinski definition) is 4. The van der Waals surface area contributed by atoms with Crippen molar-refractivity contribution in [1.82, 2.24) is 14.2 Å². The van der Waals surface area contributed by atoms with E-state index in [4.69, 9.17) is 11.6 Å². The van der Waals surface area contributed by atoms with E-state index in [1.807, 2.05) is 24.3 Å². The van der Waals surface area contributed by atoms with E-state index in [2.05, 4.69) is 4.98 Å². The highest BCUT2D eigenvalue weighted by molar-refractivity contribution is 7.92. The Balaban J connectivity index is 1.36. The molecule has 0 saturated carbocycles. The van der Waals surface area contributed by atoms with Gasteiger partial charge in [0.2, 0.25) is 10.0 Å². The van der Waals surface area contributed by atoms with Crippen LogP contribution in [0.1, 0.15) is 15.9 Å². The number of carbonyl (C=O) groups excluding carboxylic acids is 1. The van der Waals surface area contributed by atoms with Crippen LogP contribution in [-0.4, -0.2) is 54.7 Å². The van der Waals surface area contributed by atoms with Crippen molar-refractivity contribution in [1.29, 1.82) is 0 Å². The summed E-state index contributed by atoms with van der Waals surface area (Å²) in [7, 11) is -3.56. The fourth-order valence-corrected chi connectivity index (χ4v) is 4.80. The fraction of sp³-hybridized carbons (Fsp3) is 0.167. The average molecular weight is 468 g/mol. The summed E-state index contributed by atoms with van der Waals surface area (Å²) < 4.78 is 26.7. The Morgan fingerprint density at radius 3 is 2.06 bits per heavy atom. The molecule has 6 nitrogen and oxygen atoms in total. The van der Waals surface area contributed by atoms with Gasteiger partial charge in [-0.1, -0.05) is 35.9 Å². The largest absolute Gasteiger partial charge is 0.336 e. The normalized spacial score (nSPS) is 15.2. The first kappa shape index (κ1) is 22.2. The third-order valence-electron chi connectivity index (χ3n) is 5.33. The molecule has 1 saturated heterocycles. The molecule has 0 bridgehead atoms. The molecule has 1 amide bonds. The summed E-state index contributed by atoms with van der Waals surface area (Å²) in [5.41, 5.74) is 3.38. The van der Waals surface area contributed by atoms with Crippen molar-refractivity contribution in [3.63, 3.8) is 0 Å². The molecule has 0 spiro atoms. The van der Waals surface area contributed by atoms with Crippen molar-refractivity contribution in [2.75, 3.05) is 26.2 Å². The summed E-state index contributed by atoms with van der Waals surface area (Å²) in [4.78, 5) is 18.6. The number of piperazine rings is 1. The lowest BCUT2D eigenvalue weighted by molar-refractivity contribution is 0.0698. The molecule has 0 aliphatic carbocycles. The summed E-state index contributed by atoms with van der Waals surface area (Å²) in [6.45, 7) is 1.21. The second kappa shape index (κ2) is 9.65. The first-order chi connectivity index (χ1) is 15.4. The van der Waals surface area contributed by atoms with E-state index in [0.29, 0.717) is 23.7 Å². The zero-order valence-electron chi connectivity index (χ0n) is 17.3. The van der Waals surface area contributed by atoms with Crippen molar-refractivity contribution in [2.45, 2.75) is 0 Å². The smallest absolute Gasteiger partial charge is 0.253 e. The predicted molar refractivity (Wildman–Crippen MR) is 127 cm³/mol. The summed E-state index contributed by atoms with van der Waals surface area (Å²) in [5.74, 6) is -0.0972. The van der Waals surface area contributed by atoms with Gasteiger partial charge in [-0.3, -0.25) is 9.78 Å². The van der Waals surface area contributed by atoms with Gasteiger partial charge in [-0.25, -0.2) is 8.42 Å². The molecule has 0 N–H and O–H groups in total. The lowest BCUT2D eigenvalue weighted by Gasteiger charge is -2.33. The lowest BCUT2D eigenvalue weighted by Crippen LogP contribution is -2.50. The van der Waals surface area contributed by atoms with Crippen LogP contribution in [0.2, 0.25) is 5.02 Å². The molecule has 0 unspecified atom stereocenters. The molecule has 0 atom stereocenters. The molecule has 32 heavy (non-hydrogen) atoms. The van der Waals surface area contributed by atoms with E-state index < -0.39 is 10.0 Å². The molecule has 2 heterocycles. The number of carbonyl (C=O) groups is 1. The van der Waals surface area contributed by atoms with Crippen LogP contribution in [0.3, 0.4) is 0 Å². The minimum atomic E-state index is -3.56. The molecule has 3 aromatic rings. The van der Waals surface area contributed by atoms with E-state index in [1.54, 1.807) is 59.8 Å². The van der Waals surface area contributed by atoms with Gasteiger partial charge < -0.3 is 4.90 Å².